The normalized spacial score (nSPS) is 10.7. The van der Waals surface area contributed by atoms with E-state index in [0.717, 1.165) is 22.3 Å². The van der Waals surface area contributed by atoms with Gasteiger partial charge in [-0.3, -0.25) is 0 Å². The molecule has 0 radical (unpaired) electrons. The molecule has 0 aliphatic carbocycles. The lowest BCUT2D eigenvalue weighted by atomic mass is 10.00. The van der Waals surface area contributed by atoms with Crippen LogP contribution in [0.5, 0.6) is 0 Å². The molecule has 3 aromatic rings. The van der Waals surface area contributed by atoms with E-state index in [1.807, 2.05) is 49.4 Å². The summed E-state index contributed by atoms with van der Waals surface area (Å²) in [6.45, 7) is 2.03. The molecule has 0 fully saturated rings. The molecule has 0 amide bonds. The van der Waals surface area contributed by atoms with Crippen LogP contribution in [-0.4, -0.2) is 5.16 Å². The number of hydrogen-bond donors (Lipinski definition) is 1. The Kier molecular flexibility index (Phi) is 3.20. The lowest BCUT2D eigenvalue weighted by molar-refractivity contribution is 0.439. The van der Waals surface area contributed by atoms with Crippen LogP contribution in [0.3, 0.4) is 0 Å². The van der Waals surface area contributed by atoms with Crippen molar-refractivity contribution in [1.29, 1.82) is 0 Å². The molecule has 0 bridgehead atoms. The summed E-state index contributed by atoms with van der Waals surface area (Å²) >= 11 is 6.04. The van der Waals surface area contributed by atoms with Crippen LogP contribution in [0.2, 0.25) is 5.02 Å². The smallest absolute Gasteiger partial charge is 0.230 e. The average molecular weight is 285 g/mol. The van der Waals surface area contributed by atoms with E-state index in [-0.39, 0.29) is 0 Å². The van der Waals surface area contributed by atoms with Crippen molar-refractivity contribution in [2.24, 2.45) is 0 Å². The van der Waals surface area contributed by atoms with Gasteiger partial charge in [0.05, 0.1) is 5.56 Å². The fourth-order valence-corrected chi connectivity index (χ4v) is 2.41. The van der Waals surface area contributed by atoms with Gasteiger partial charge in [0.15, 0.2) is 0 Å². The van der Waals surface area contributed by atoms with Crippen molar-refractivity contribution in [3.63, 3.8) is 0 Å². The third-order valence-electron chi connectivity index (χ3n) is 3.12. The molecule has 0 saturated heterocycles. The summed E-state index contributed by atoms with van der Waals surface area (Å²) in [5.41, 5.74) is 10.5. The topological polar surface area (TPSA) is 52.0 Å². The number of benzene rings is 2. The molecule has 3 rings (SSSR count). The van der Waals surface area contributed by atoms with Gasteiger partial charge in [-0.05, 0) is 24.6 Å². The molecule has 0 aliphatic heterocycles. The summed E-state index contributed by atoms with van der Waals surface area (Å²) in [6, 6.07) is 15.5. The van der Waals surface area contributed by atoms with E-state index in [1.54, 1.807) is 0 Å². The van der Waals surface area contributed by atoms with Crippen LogP contribution >= 0.6 is 11.6 Å². The van der Waals surface area contributed by atoms with Gasteiger partial charge in [0.1, 0.15) is 5.69 Å². The summed E-state index contributed by atoms with van der Waals surface area (Å²) < 4.78 is 5.17. The predicted molar refractivity (Wildman–Crippen MR) is 81.5 cm³/mol. The van der Waals surface area contributed by atoms with Crippen molar-refractivity contribution in [1.82, 2.24) is 5.16 Å². The average Bonchev–Trinajstić information content (AvgIpc) is 2.80. The van der Waals surface area contributed by atoms with E-state index >= 15 is 0 Å². The molecule has 0 saturated carbocycles. The van der Waals surface area contributed by atoms with E-state index in [4.69, 9.17) is 21.9 Å². The molecule has 3 nitrogen and oxygen atoms in total. The van der Waals surface area contributed by atoms with Gasteiger partial charge >= 0.3 is 0 Å². The molecule has 2 N–H and O–H groups in total. The number of anilines is 1. The first-order chi connectivity index (χ1) is 9.65. The van der Waals surface area contributed by atoms with Crippen molar-refractivity contribution in [3.8, 4) is 22.4 Å². The van der Waals surface area contributed by atoms with Gasteiger partial charge in [-0.15, -0.1) is 0 Å². The van der Waals surface area contributed by atoms with Gasteiger partial charge < -0.3 is 10.3 Å². The number of nitrogens with zero attached hydrogens (tertiary/aromatic N) is 1. The van der Waals surface area contributed by atoms with Crippen molar-refractivity contribution in [3.05, 3.63) is 59.1 Å². The van der Waals surface area contributed by atoms with Crippen molar-refractivity contribution in [2.75, 3.05) is 5.73 Å². The van der Waals surface area contributed by atoms with Gasteiger partial charge in [0, 0.05) is 10.6 Å². The van der Waals surface area contributed by atoms with Crippen molar-refractivity contribution < 1.29 is 4.52 Å². The highest BCUT2D eigenvalue weighted by atomic mass is 35.5. The SMILES string of the molecule is Cc1cccc(-c2c(-c3cccc(Cl)c3)noc2N)c1. The lowest BCUT2D eigenvalue weighted by Crippen LogP contribution is -1.88. The van der Waals surface area contributed by atoms with E-state index < -0.39 is 0 Å². The van der Waals surface area contributed by atoms with Crippen molar-refractivity contribution in [2.45, 2.75) is 6.92 Å². The number of nitrogens with two attached hydrogens (primary N) is 1. The van der Waals surface area contributed by atoms with E-state index in [1.165, 1.54) is 0 Å². The fourth-order valence-electron chi connectivity index (χ4n) is 2.22. The van der Waals surface area contributed by atoms with Crippen LogP contribution in [0, 0.1) is 6.92 Å². The van der Waals surface area contributed by atoms with Crippen LogP contribution in [-0.2, 0) is 0 Å². The Bertz CT molecular complexity index is 765. The molecule has 2 aromatic carbocycles. The first kappa shape index (κ1) is 12.8. The summed E-state index contributed by atoms with van der Waals surface area (Å²) in [6.07, 6.45) is 0. The monoisotopic (exact) mass is 284 g/mol. The summed E-state index contributed by atoms with van der Waals surface area (Å²) in [4.78, 5) is 0. The van der Waals surface area contributed by atoms with E-state index in [9.17, 15) is 0 Å². The standard InChI is InChI=1S/C16H13ClN2O/c1-10-4-2-5-11(8-10)14-15(19-20-16(14)18)12-6-3-7-13(17)9-12/h2-9H,18H2,1H3. The molecule has 0 unspecified atom stereocenters. The largest absolute Gasteiger partial charge is 0.367 e. The molecular formula is C16H13ClN2O. The molecule has 1 aromatic heterocycles. The summed E-state index contributed by atoms with van der Waals surface area (Å²) in [5.74, 6) is 0.311. The maximum atomic E-state index is 6.04. The second kappa shape index (κ2) is 5.02. The van der Waals surface area contributed by atoms with Gasteiger partial charge in [-0.25, -0.2) is 0 Å². The number of nitrogen functional groups attached to an aromatic ring is 1. The minimum atomic E-state index is 0.311. The first-order valence-corrected chi connectivity index (χ1v) is 6.61. The van der Waals surface area contributed by atoms with Crippen LogP contribution < -0.4 is 5.73 Å². The number of hydrogen-bond acceptors (Lipinski definition) is 3. The summed E-state index contributed by atoms with van der Waals surface area (Å²) in [7, 11) is 0. The second-order valence-corrected chi connectivity index (χ2v) is 5.09. The minimum absolute atomic E-state index is 0.311. The van der Waals surface area contributed by atoms with Crippen molar-refractivity contribution >= 4 is 17.5 Å². The second-order valence-electron chi connectivity index (χ2n) is 4.65. The Hall–Kier alpha value is -2.26. The van der Waals surface area contributed by atoms with Crippen LogP contribution in [0.15, 0.2) is 53.1 Å². The Balaban J connectivity index is 2.20. The Morgan fingerprint density at radius 2 is 1.80 bits per heavy atom. The molecule has 100 valence electrons. The highest BCUT2D eigenvalue weighted by molar-refractivity contribution is 6.30. The van der Waals surface area contributed by atoms with Gasteiger partial charge in [-0.2, -0.15) is 0 Å². The molecule has 1 heterocycles. The zero-order chi connectivity index (χ0) is 14.1. The van der Waals surface area contributed by atoms with Gasteiger partial charge in [0.2, 0.25) is 5.88 Å². The van der Waals surface area contributed by atoms with Gasteiger partial charge in [0.25, 0.3) is 0 Å². The van der Waals surface area contributed by atoms with Gasteiger partial charge in [-0.1, -0.05) is 58.7 Å². The third-order valence-corrected chi connectivity index (χ3v) is 3.36. The quantitative estimate of drug-likeness (QED) is 0.751. The maximum absolute atomic E-state index is 6.04. The molecular weight excluding hydrogens is 272 g/mol. The number of aryl methyl sites for hydroxylation is 1. The highest BCUT2D eigenvalue weighted by Crippen LogP contribution is 2.36. The van der Waals surface area contributed by atoms with E-state index in [2.05, 4.69) is 11.2 Å². The molecule has 0 aliphatic rings. The third kappa shape index (κ3) is 2.28. The van der Waals surface area contributed by atoms with Crippen LogP contribution in [0.1, 0.15) is 5.56 Å². The fraction of sp³-hybridized carbons (Fsp3) is 0.0625. The highest BCUT2D eigenvalue weighted by Gasteiger charge is 2.17. The minimum Gasteiger partial charge on any atom is -0.367 e. The Morgan fingerprint density at radius 1 is 1.05 bits per heavy atom. The Labute approximate surface area is 122 Å². The predicted octanol–water partition coefficient (Wildman–Crippen LogP) is 4.55. The van der Waals surface area contributed by atoms with Crippen LogP contribution in [0.4, 0.5) is 5.88 Å². The number of halogens is 1. The Morgan fingerprint density at radius 3 is 2.55 bits per heavy atom. The summed E-state index contributed by atoms with van der Waals surface area (Å²) in [5, 5.41) is 4.73. The number of rotatable bonds is 2. The lowest BCUT2D eigenvalue weighted by Gasteiger charge is -2.04. The maximum Gasteiger partial charge on any atom is 0.230 e. The zero-order valence-electron chi connectivity index (χ0n) is 10.9. The van der Waals surface area contributed by atoms with E-state index in [0.29, 0.717) is 16.6 Å². The first-order valence-electron chi connectivity index (χ1n) is 6.23. The molecule has 0 spiro atoms. The molecule has 0 atom stereocenters. The molecule has 4 heteroatoms. The molecule has 20 heavy (non-hydrogen) atoms. The van der Waals surface area contributed by atoms with Crippen LogP contribution in [0.25, 0.3) is 22.4 Å². The zero-order valence-corrected chi connectivity index (χ0v) is 11.7. The number of aromatic nitrogens is 1.